The van der Waals surface area contributed by atoms with Crippen molar-refractivity contribution >= 4 is 17.5 Å². The van der Waals surface area contributed by atoms with Gasteiger partial charge in [-0.25, -0.2) is 0 Å². The van der Waals surface area contributed by atoms with E-state index in [4.69, 9.17) is 10.5 Å². The van der Waals surface area contributed by atoms with E-state index < -0.39 is 6.04 Å². The van der Waals surface area contributed by atoms with Crippen molar-refractivity contribution in [1.29, 1.82) is 0 Å². The van der Waals surface area contributed by atoms with Gasteiger partial charge in [-0.05, 0) is 24.3 Å². The summed E-state index contributed by atoms with van der Waals surface area (Å²) in [5.74, 6) is -0.414. The number of nitrogens with two attached hydrogens (primary N) is 1. The number of carbonyl (C=O) groups excluding carboxylic acids is 2. The molecule has 0 bridgehead atoms. The van der Waals surface area contributed by atoms with Crippen molar-refractivity contribution in [2.24, 2.45) is 5.73 Å². The molecule has 6 heteroatoms. The summed E-state index contributed by atoms with van der Waals surface area (Å²) < 4.78 is 4.80. The van der Waals surface area contributed by atoms with Gasteiger partial charge in [-0.2, -0.15) is 0 Å². The van der Waals surface area contributed by atoms with E-state index in [0.29, 0.717) is 11.3 Å². The molecule has 0 saturated carbocycles. The van der Waals surface area contributed by atoms with Crippen LogP contribution in [0.2, 0.25) is 0 Å². The second-order valence-corrected chi connectivity index (χ2v) is 4.33. The van der Waals surface area contributed by atoms with Crippen LogP contribution in [0.25, 0.3) is 0 Å². The predicted molar refractivity (Wildman–Crippen MR) is 72.9 cm³/mol. The van der Waals surface area contributed by atoms with Gasteiger partial charge in [0, 0.05) is 32.5 Å². The predicted octanol–water partition coefficient (Wildman–Crippen LogP) is 0.301. The largest absolute Gasteiger partial charge is 0.383 e. The van der Waals surface area contributed by atoms with Crippen molar-refractivity contribution in [1.82, 2.24) is 4.90 Å². The molecule has 0 aromatic heterocycles. The van der Waals surface area contributed by atoms with Crippen LogP contribution in [0.3, 0.4) is 0 Å². The highest BCUT2D eigenvalue weighted by Crippen LogP contribution is 2.11. The minimum Gasteiger partial charge on any atom is -0.383 e. The molecule has 0 heterocycles. The molecule has 0 saturated heterocycles. The fourth-order valence-electron chi connectivity index (χ4n) is 1.44. The quantitative estimate of drug-likeness (QED) is 0.802. The third kappa shape index (κ3) is 4.35. The van der Waals surface area contributed by atoms with Crippen molar-refractivity contribution in [2.45, 2.75) is 6.04 Å². The Bertz CT molecular complexity index is 443. The first-order chi connectivity index (χ1) is 8.95. The zero-order valence-electron chi connectivity index (χ0n) is 11.3. The highest BCUT2D eigenvalue weighted by molar-refractivity contribution is 5.97. The normalized spacial score (nSPS) is 11.8. The Labute approximate surface area is 112 Å². The molecule has 1 rings (SSSR count). The van der Waals surface area contributed by atoms with Crippen LogP contribution in [0.5, 0.6) is 0 Å². The molecule has 3 N–H and O–H groups in total. The number of hydrogen-bond donors (Lipinski definition) is 2. The lowest BCUT2D eigenvalue weighted by atomic mass is 10.2. The fourth-order valence-corrected chi connectivity index (χ4v) is 1.44. The number of benzene rings is 1. The van der Waals surface area contributed by atoms with E-state index >= 15 is 0 Å². The number of ether oxygens (including phenoxy) is 1. The van der Waals surface area contributed by atoms with Gasteiger partial charge >= 0.3 is 0 Å². The molecule has 0 spiro atoms. The molecule has 104 valence electrons. The van der Waals surface area contributed by atoms with Crippen LogP contribution in [-0.4, -0.2) is 50.6 Å². The lowest BCUT2D eigenvalue weighted by Gasteiger charge is -2.13. The molecule has 19 heavy (non-hydrogen) atoms. The number of methoxy groups -OCH3 is 1. The molecule has 0 aliphatic carbocycles. The maximum Gasteiger partial charge on any atom is 0.253 e. The molecule has 0 aliphatic rings. The van der Waals surface area contributed by atoms with Crippen LogP contribution in [0.4, 0.5) is 5.69 Å². The van der Waals surface area contributed by atoms with Gasteiger partial charge in [0.25, 0.3) is 5.91 Å². The van der Waals surface area contributed by atoms with Gasteiger partial charge in [0.2, 0.25) is 5.91 Å². The monoisotopic (exact) mass is 265 g/mol. The standard InChI is InChI=1S/C13H19N3O3/c1-16(2)13(18)9-4-6-10(7-5-9)15-12(17)11(14)8-19-3/h4-7,11H,8,14H2,1-3H3,(H,15,17). The number of rotatable bonds is 5. The number of carbonyl (C=O) groups is 2. The first-order valence-electron chi connectivity index (χ1n) is 5.82. The number of amides is 2. The van der Waals surface area contributed by atoms with Crippen molar-refractivity contribution < 1.29 is 14.3 Å². The summed E-state index contributed by atoms with van der Waals surface area (Å²) >= 11 is 0. The van der Waals surface area contributed by atoms with Gasteiger partial charge in [-0.1, -0.05) is 0 Å². The number of nitrogens with one attached hydrogen (secondary N) is 1. The summed E-state index contributed by atoms with van der Waals surface area (Å²) in [7, 11) is 4.85. The maximum absolute atomic E-state index is 11.7. The summed E-state index contributed by atoms with van der Waals surface area (Å²) in [6.45, 7) is 0.156. The van der Waals surface area contributed by atoms with Crippen molar-refractivity contribution in [3.8, 4) is 0 Å². The molecule has 0 fully saturated rings. The highest BCUT2D eigenvalue weighted by Gasteiger charge is 2.13. The summed E-state index contributed by atoms with van der Waals surface area (Å²) in [5.41, 5.74) is 6.74. The number of hydrogen-bond acceptors (Lipinski definition) is 4. The summed E-state index contributed by atoms with van der Waals surface area (Å²) in [4.78, 5) is 24.8. The first-order valence-corrected chi connectivity index (χ1v) is 5.82. The van der Waals surface area contributed by atoms with Gasteiger partial charge < -0.3 is 20.7 Å². The molecule has 1 aromatic rings. The minimum atomic E-state index is -0.715. The lowest BCUT2D eigenvalue weighted by molar-refractivity contribution is -0.118. The van der Waals surface area contributed by atoms with Gasteiger partial charge in [-0.15, -0.1) is 0 Å². The van der Waals surface area contributed by atoms with Crippen LogP contribution >= 0.6 is 0 Å². The third-order valence-corrected chi connectivity index (χ3v) is 2.49. The SMILES string of the molecule is COCC(N)C(=O)Nc1ccc(C(=O)N(C)C)cc1. The van der Waals surface area contributed by atoms with Gasteiger partial charge in [0.05, 0.1) is 6.61 Å². The van der Waals surface area contributed by atoms with Crippen LogP contribution in [-0.2, 0) is 9.53 Å². The van der Waals surface area contributed by atoms with E-state index in [-0.39, 0.29) is 18.4 Å². The maximum atomic E-state index is 11.7. The lowest BCUT2D eigenvalue weighted by Crippen LogP contribution is -2.39. The Hall–Kier alpha value is -1.92. The van der Waals surface area contributed by atoms with Crippen LogP contribution < -0.4 is 11.1 Å². The van der Waals surface area contributed by atoms with Crippen LogP contribution in [0.1, 0.15) is 10.4 Å². The highest BCUT2D eigenvalue weighted by atomic mass is 16.5. The number of anilines is 1. The molecule has 6 nitrogen and oxygen atoms in total. The van der Waals surface area contributed by atoms with Crippen molar-refractivity contribution in [3.63, 3.8) is 0 Å². The summed E-state index contributed by atoms with van der Waals surface area (Å²) in [6.07, 6.45) is 0. The second-order valence-electron chi connectivity index (χ2n) is 4.33. The Morgan fingerprint density at radius 1 is 1.32 bits per heavy atom. The Balaban J connectivity index is 2.67. The molecule has 2 amide bonds. The Morgan fingerprint density at radius 2 is 1.89 bits per heavy atom. The molecule has 1 aromatic carbocycles. The van der Waals surface area contributed by atoms with Crippen molar-refractivity contribution in [3.05, 3.63) is 29.8 Å². The smallest absolute Gasteiger partial charge is 0.253 e. The summed E-state index contributed by atoms with van der Waals surface area (Å²) in [6, 6.07) is 5.91. The molecule has 1 unspecified atom stereocenters. The molecule has 0 radical (unpaired) electrons. The average Bonchev–Trinajstić information content (AvgIpc) is 2.38. The topological polar surface area (TPSA) is 84.7 Å². The Kier molecular flexibility index (Phi) is 5.47. The van der Waals surface area contributed by atoms with E-state index in [1.54, 1.807) is 38.4 Å². The molecular formula is C13H19N3O3. The van der Waals surface area contributed by atoms with E-state index in [0.717, 1.165) is 0 Å². The second kappa shape index (κ2) is 6.86. The van der Waals surface area contributed by atoms with Gasteiger partial charge in [-0.3, -0.25) is 9.59 Å². The molecule has 0 aliphatic heterocycles. The van der Waals surface area contributed by atoms with Crippen LogP contribution in [0, 0.1) is 0 Å². The third-order valence-electron chi connectivity index (χ3n) is 2.49. The number of nitrogens with zero attached hydrogens (tertiary/aromatic N) is 1. The zero-order valence-corrected chi connectivity index (χ0v) is 11.3. The van der Waals surface area contributed by atoms with E-state index in [9.17, 15) is 9.59 Å². The first kappa shape index (κ1) is 15.1. The van der Waals surface area contributed by atoms with Crippen molar-refractivity contribution in [2.75, 3.05) is 33.1 Å². The van der Waals surface area contributed by atoms with E-state index in [1.165, 1.54) is 12.0 Å². The molecular weight excluding hydrogens is 246 g/mol. The van der Waals surface area contributed by atoms with E-state index in [2.05, 4.69) is 5.32 Å². The van der Waals surface area contributed by atoms with E-state index in [1.807, 2.05) is 0 Å². The minimum absolute atomic E-state index is 0.0889. The Morgan fingerprint density at radius 3 is 2.37 bits per heavy atom. The van der Waals surface area contributed by atoms with Crippen LogP contribution in [0.15, 0.2) is 24.3 Å². The van der Waals surface area contributed by atoms with Gasteiger partial charge in [0.15, 0.2) is 0 Å². The fraction of sp³-hybridized carbons (Fsp3) is 0.385. The summed E-state index contributed by atoms with van der Waals surface area (Å²) in [5, 5.41) is 2.65. The molecule has 1 atom stereocenters. The average molecular weight is 265 g/mol. The van der Waals surface area contributed by atoms with Gasteiger partial charge in [0.1, 0.15) is 6.04 Å². The zero-order chi connectivity index (χ0) is 14.4.